The molecule has 0 atom stereocenters. The Bertz CT molecular complexity index is 1120. The third kappa shape index (κ3) is 5.36. The number of thioether (sulfide) groups is 1. The second kappa shape index (κ2) is 11.1. The van der Waals surface area contributed by atoms with Gasteiger partial charge in [0, 0.05) is 11.6 Å². The van der Waals surface area contributed by atoms with Crippen molar-refractivity contribution in [3.63, 3.8) is 0 Å². The summed E-state index contributed by atoms with van der Waals surface area (Å²) in [6.45, 7) is 0. The van der Waals surface area contributed by atoms with E-state index in [-0.39, 0.29) is 23.5 Å². The van der Waals surface area contributed by atoms with Gasteiger partial charge in [0.05, 0.1) is 26.2 Å². The van der Waals surface area contributed by atoms with Gasteiger partial charge in [0.1, 0.15) is 0 Å². The van der Waals surface area contributed by atoms with Crippen LogP contribution in [0.2, 0.25) is 0 Å². The van der Waals surface area contributed by atoms with Crippen LogP contribution in [-0.2, 0) is 4.79 Å². The highest BCUT2D eigenvalue weighted by atomic mass is 32.2. The molecule has 4 rings (SSSR count). The lowest BCUT2D eigenvalue weighted by atomic mass is 9.95. The largest absolute Gasteiger partial charge is 0.493 e. The van der Waals surface area contributed by atoms with Gasteiger partial charge in [-0.05, 0) is 43.2 Å². The number of aromatic nitrogens is 3. The third-order valence-electron chi connectivity index (χ3n) is 5.64. The van der Waals surface area contributed by atoms with Gasteiger partial charge in [-0.3, -0.25) is 25.0 Å². The Morgan fingerprint density at radius 2 is 1.88 bits per heavy atom. The fourth-order valence-electron chi connectivity index (χ4n) is 3.98. The van der Waals surface area contributed by atoms with Crippen molar-refractivity contribution in [3.8, 4) is 22.9 Å². The van der Waals surface area contributed by atoms with Gasteiger partial charge in [-0.25, -0.2) is 0 Å². The predicted octanol–water partition coefficient (Wildman–Crippen LogP) is 3.61. The molecule has 1 saturated carbocycles. The number of benzene rings is 1. The molecule has 0 unspecified atom stereocenters. The fourth-order valence-corrected chi connectivity index (χ4v) is 4.78. The van der Waals surface area contributed by atoms with Crippen LogP contribution in [0.1, 0.15) is 48.7 Å². The quantitative estimate of drug-likeness (QED) is 0.367. The SMILES string of the molecule is COc1ccc(-c2nnc(SCC(=O)NNC(=O)c3ccco3)n2C2CCCCC2)cc1OC. The van der Waals surface area contributed by atoms with Crippen molar-refractivity contribution >= 4 is 23.6 Å². The van der Waals surface area contributed by atoms with E-state index in [1.54, 1.807) is 20.3 Å². The number of hydrogen-bond acceptors (Lipinski definition) is 8. The average molecular weight is 486 g/mol. The van der Waals surface area contributed by atoms with Crippen LogP contribution in [0, 0.1) is 0 Å². The van der Waals surface area contributed by atoms with E-state index in [0.29, 0.717) is 16.7 Å². The van der Waals surface area contributed by atoms with Crippen molar-refractivity contribution in [1.29, 1.82) is 0 Å². The summed E-state index contributed by atoms with van der Waals surface area (Å²) < 4.78 is 17.9. The molecule has 2 amide bonds. The number of rotatable bonds is 8. The van der Waals surface area contributed by atoms with Crippen molar-refractivity contribution in [2.75, 3.05) is 20.0 Å². The molecule has 10 nitrogen and oxygen atoms in total. The van der Waals surface area contributed by atoms with Gasteiger partial charge in [-0.2, -0.15) is 0 Å². The Labute approximate surface area is 201 Å². The Morgan fingerprint density at radius 3 is 2.59 bits per heavy atom. The average Bonchev–Trinajstić information content (AvgIpc) is 3.56. The molecule has 11 heteroatoms. The summed E-state index contributed by atoms with van der Waals surface area (Å²) in [5, 5.41) is 9.51. The van der Waals surface area contributed by atoms with Gasteiger partial charge in [-0.15, -0.1) is 10.2 Å². The van der Waals surface area contributed by atoms with Gasteiger partial charge in [0.15, 0.2) is 28.2 Å². The Hall–Kier alpha value is -3.47. The lowest BCUT2D eigenvalue weighted by Crippen LogP contribution is -2.42. The molecule has 34 heavy (non-hydrogen) atoms. The second-order valence-electron chi connectivity index (χ2n) is 7.81. The zero-order valence-corrected chi connectivity index (χ0v) is 19.9. The lowest BCUT2D eigenvalue weighted by Gasteiger charge is -2.25. The summed E-state index contributed by atoms with van der Waals surface area (Å²) in [7, 11) is 3.19. The third-order valence-corrected chi connectivity index (χ3v) is 6.58. The molecule has 180 valence electrons. The first-order valence-corrected chi connectivity index (χ1v) is 12.0. The number of carbonyl (C=O) groups is 2. The summed E-state index contributed by atoms with van der Waals surface area (Å²) in [6, 6.07) is 9.01. The molecule has 1 aliphatic carbocycles. The fraction of sp³-hybridized carbons (Fsp3) is 0.391. The van der Waals surface area contributed by atoms with Crippen LogP contribution >= 0.6 is 11.8 Å². The topological polar surface area (TPSA) is 121 Å². The molecule has 0 spiro atoms. The van der Waals surface area contributed by atoms with E-state index in [9.17, 15) is 9.59 Å². The van der Waals surface area contributed by atoms with Gasteiger partial charge < -0.3 is 13.9 Å². The van der Waals surface area contributed by atoms with Crippen LogP contribution in [0.5, 0.6) is 11.5 Å². The minimum Gasteiger partial charge on any atom is -0.493 e. The monoisotopic (exact) mass is 485 g/mol. The first-order valence-electron chi connectivity index (χ1n) is 11.0. The maximum atomic E-state index is 12.3. The number of amides is 2. The molecule has 0 bridgehead atoms. The minimum absolute atomic E-state index is 0.0647. The standard InChI is InChI=1S/C23H27N5O5S/c1-31-17-11-10-15(13-19(17)32-2)21-25-27-23(28(21)16-7-4-3-5-8-16)34-14-20(29)24-26-22(30)18-9-6-12-33-18/h6,9-13,16H,3-5,7-8,14H2,1-2H3,(H,24,29)(H,26,30). The number of nitrogens with one attached hydrogen (secondary N) is 2. The Morgan fingerprint density at radius 1 is 1.09 bits per heavy atom. The van der Waals surface area contributed by atoms with E-state index in [2.05, 4.69) is 25.6 Å². The molecule has 2 aromatic heterocycles. The van der Waals surface area contributed by atoms with Gasteiger partial charge in [0.25, 0.3) is 0 Å². The van der Waals surface area contributed by atoms with Crippen LogP contribution in [0.4, 0.5) is 0 Å². The summed E-state index contributed by atoms with van der Waals surface area (Å²) in [5.41, 5.74) is 5.60. The van der Waals surface area contributed by atoms with Gasteiger partial charge >= 0.3 is 5.91 Å². The zero-order valence-electron chi connectivity index (χ0n) is 19.1. The molecule has 0 radical (unpaired) electrons. The summed E-state index contributed by atoms with van der Waals surface area (Å²) in [5.74, 6) is 1.26. The van der Waals surface area contributed by atoms with Crippen molar-refractivity contribution < 1.29 is 23.5 Å². The predicted molar refractivity (Wildman–Crippen MR) is 126 cm³/mol. The maximum Gasteiger partial charge on any atom is 0.305 e. The Kier molecular flexibility index (Phi) is 7.73. The number of furan rings is 1. The smallest absolute Gasteiger partial charge is 0.305 e. The van der Waals surface area contributed by atoms with Crippen molar-refractivity contribution in [3.05, 3.63) is 42.4 Å². The first-order chi connectivity index (χ1) is 16.6. The molecule has 1 aliphatic rings. The summed E-state index contributed by atoms with van der Waals surface area (Å²) in [6.07, 6.45) is 6.93. The molecule has 2 heterocycles. The number of nitrogens with zero attached hydrogens (tertiary/aromatic N) is 3. The van der Waals surface area contributed by atoms with E-state index in [0.717, 1.165) is 37.1 Å². The lowest BCUT2D eigenvalue weighted by molar-refractivity contribution is -0.119. The van der Waals surface area contributed by atoms with Crippen molar-refractivity contribution in [1.82, 2.24) is 25.6 Å². The number of hydrogen-bond donors (Lipinski definition) is 2. The van der Waals surface area contributed by atoms with Crippen molar-refractivity contribution in [2.45, 2.75) is 43.3 Å². The molecule has 1 fully saturated rings. The molecule has 3 aromatic rings. The highest BCUT2D eigenvalue weighted by molar-refractivity contribution is 7.99. The van der Waals surface area contributed by atoms with Crippen LogP contribution in [0.25, 0.3) is 11.4 Å². The van der Waals surface area contributed by atoms with Crippen LogP contribution < -0.4 is 20.3 Å². The van der Waals surface area contributed by atoms with E-state index in [4.69, 9.17) is 13.9 Å². The summed E-state index contributed by atoms with van der Waals surface area (Å²) in [4.78, 5) is 24.3. The van der Waals surface area contributed by atoms with Gasteiger partial charge in [0.2, 0.25) is 5.91 Å². The highest BCUT2D eigenvalue weighted by Crippen LogP contribution is 2.38. The van der Waals surface area contributed by atoms with Crippen LogP contribution in [0.3, 0.4) is 0 Å². The van der Waals surface area contributed by atoms with E-state index in [1.165, 1.54) is 30.5 Å². The zero-order chi connectivity index (χ0) is 23.9. The molecular weight excluding hydrogens is 458 g/mol. The van der Waals surface area contributed by atoms with Crippen LogP contribution in [-0.4, -0.2) is 46.6 Å². The van der Waals surface area contributed by atoms with Gasteiger partial charge in [-0.1, -0.05) is 31.0 Å². The summed E-state index contributed by atoms with van der Waals surface area (Å²) >= 11 is 1.28. The molecule has 2 N–H and O–H groups in total. The Balaban J connectivity index is 1.50. The molecule has 0 saturated heterocycles. The van der Waals surface area contributed by atoms with E-state index < -0.39 is 5.91 Å². The molecular formula is C23H27N5O5S. The van der Waals surface area contributed by atoms with E-state index in [1.807, 2.05) is 18.2 Å². The first kappa shape index (κ1) is 23.7. The van der Waals surface area contributed by atoms with Crippen LogP contribution in [0.15, 0.2) is 46.2 Å². The molecule has 0 aliphatic heterocycles. The number of carbonyl (C=O) groups excluding carboxylic acids is 2. The number of hydrazine groups is 1. The van der Waals surface area contributed by atoms with E-state index >= 15 is 0 Å². The maximum absolute atomic E-state index is 12.3. The minimum atomic E-state index is -0.524. The van der Waals surface area contributed by atoms with Crippen molar-refractivity contribution in [2.24, 2.45) is 0 Å². The second-order valence-corrected chi connectivity index (χ2v) is 8.75. The number of methoxy groups -OCH3 is 2. The highest BCUT2D eigenvalue weighted by Gasteiger charge is 2.25. The molecule has 1 aromatic carbocycles. The number of ether oxygens (including phenoxy) is 2. The normalized spacial score (nSPS) is 13.9.